The highest BCUT2D eigenvalue weighted by Gasteiger charge is 2.19. The van der Waals surface area contributed by atoms with Crippen LogP contribution in [0.4, 0.5) is 0 Å². The van der Waals surface area contributed by atoms with Gasteiger partial charge in [0.05, 0.1) is 11.0 Å². The fraction of sp³-hybridized carbons (Fsp3) is 0. The van der Waals surface area contributed by atoms with Crippen LogP contribution in [0.25, 0.3) is 83.6 Å². The first-order valence-electron chi connectivity index (χ1n) is 15.8. The van der Waals surface area contributed by atoms with Crippen LogP contribution in [0.5, 0.6) is 0 Å². The molecule has 0 fully saturated rings. The monoisotopic (exact) mass is 600 g/mol. The maximum atomic E-state index is 4.94. The van der Waals surface area contributed by atoms with E-state index in [0.29, 0.717) is 17.5 Å². The molecule has 2 aromatic heterocycles. The molecule has 47 heavy (non-hydrogen) atoms. The Morgan fingerprint density at radius 3 is 1.47 bits per heavy atom. The normalized spacial score (nSPS) is 11.4. The molecule has 0 aliphatic rings. The molecule has 4 nitrogen and oxygen atoms in total. The third-order valence-corrected chi connectivity index (χ3v) is 8.85. The summed E-state index contributed by atoms with van der Waals surface area (Å²) in [6.45, 7) is 0. The fourth-order valence-corrected chi connectivity index (χ4v) is 6.66. The van der Waals surface area contributed by atoms with Crippen molar-refractivity contribution in [2.45, 2.75) is 0 Å². The third-order valence-electron chi connectivity index (χ3n) is 8.85. The maximum Gasteiger partial charge on any atom is 0.164 e. The van der Waals surface area contributed by atoms with Crippen molar-refractivity contribution in [3.05, 3.63) is 170 Å². The molecule has 7 aromatic carbocycles. The van der Waals surface area contributed by atoms with Crippen molar-refractivity contribution in [1.29, 1.82) is 0 Å². The summed E-state index contributed by atoms with van der Waals surface area (Å²) >= 11 is 0. The van der Waals surface area contributed by atoms with E-state index < -0.39 is 0 Å². The Kier molecular flexibility index (Phi) is 6.43. The summed E-state index contributed by atoms with van der Waals surface area (Å²) in [6, 6.07) is 59.2. The molecule has 0 bridgehead atoms. The second-order valence-electron chi connectivity index (χ2n) is 11.7. The van der Waals surface area contributed by atoms with Gasteiger partial charge in [0, 0.05) is 33.2 Å². The van der Waals surface area contributed by atoms with Crippen LogP contribution in [0.2, 0.25) is 0 Å². The van der Waals surface area contributed by atoms with Crippen molar-refractivity contribution in [3.63, 3.8) is 0 Å². The largest absolute Gasteiger partial charge is 0.309 e. The quantitative estimate of drug-likeness (QED) is 0.197. The van der Waals surface area contributed by atoms with Crippen LogP contribution >= 0.6 is 0 Å². The zero-order valence-electron chi connectivity index (χ0n) is 25.5. The molecule has 0 aliphatic carbocycles. The van der Waals surface area contributed by atoms with E-state index in [2.05, 4.69) is 114 Å². The standard InChI is InChI=1S/C43H28N4/c1-4-13-29(14-5-1)36-21-12-22-37-39(36)40-35-20-11-10-15-30(35)25-28-38(40)47(37)34-26-23-33(24-27-34)43-45-41(31-16-6-2-7-17-31)44-42(46-43)32-18-8-3-9-19-32/h1-28H. The SMILES string of the molecule is c1ccc(-c2nc(-c3ccccc3)nc(-c3ccc(-n4c5cccc(-c6ccccc6)c5c5c6ccccc6ccc54)cc3)n2)cc1. The van der Waals surface area contributed by atoms with Crippen LogP contribution in [0.3, 0.4) is 0 Å². The van der Waals surface area contributed by atoms with Gasteiger partial charge >= 0.3 is 0 Å². The van der Waals surface area contributed by atoms with Crippen LogP contribution in [0.1, 0.15) is 0 Å². The van der Waals surface area contributed by atoms with Gasteiger partial charge in [0.25, 0.3) is 0 Å². The minimum atomic E-state index is 0.642. The number of benzene rings is 7. The molecule has 0 saturated heterocycles. The van der Waals surface area contributed by atoms with Gasteiger partial charge in [0.15, 0.2) is 17.5 Å². The number of hydrogen-bond acceptors (Lipinski definition) is 3. The van der Waals surface area contributed by atoms with E-state index in [0.717, 1.165) is 22.4 Å². The predicted octanol–water partition coefficient (Wildman–Crippen LogP) is 10.8. The molecule has 0 amide bonds. The number of fused-ring (bicyclic) bond motifs is 5. The van der Waals surface area contributed by atoms with Crippen LogP contribution in [0.15, 0.2) is 170 Å². The zero-order chi connectivity index (χ0) is 31.2. The average Bonchev–Trinajstić information content (AvgIpc) is 3.51. The molecule has 0 spiro atoms. The van der Waals surface area contributed by atoms with Crippen molar-refractivity contribution in [1.82, 2.24) is 19.5 Å². The van der Waals surface area contributed by atoms with Gasteiger partial charge in [-0.1, -0.05) is 133 Å². The molecular formula is C43H28N4. The summed E-state index contributed by atoms with van der Waals surface area (Å²) < 4.78 is 2.38. The minimum Gasteiger partial charge on any atom is -0.309 e. The van der Waals surface area contributed by atoms with Crippen molar-refractivity contribution in [2.24, 2.45) is 0 Å². The van der Waals surface area contributed by atoms with Crippen LogP contribution in [-0.4, -0.2) is 19.5 Å². The Morgan fingerprint density at radius 2 is 0.851 bits per heavy atom. The molecule has 0 saturated carbocycles. The van der Waals surface area contributed by atoms with Gasteiger partial charge < -0.3 is 4.57 Å². The molecule has 0 N–H and O–H groups in total. The Bertz CT molecular complexity index is 2480. The summed E-state index contributed by atoms with van der Waals surface area (Å²) in [5, 5.41) is 5.00. The van der Waals surface area contributed by atoms with Gasteiger partial charge in [-0.3, -0.25) is 0 Å². The van der Waals surface area contributed by atoms with Gasteiger partial charge in [-0.2, -0.15) is 0 Å². The predicted molar refractivity (Wildman–Crippen MR) is 193 cm³/mol. The Hall–Kier alpha value is -6.39. The summed E-state index contributed by atoms with van der Waals surface area (Å²) in [6.07, 6.45) is 0. The Balaban J connectivity index is 1.24. The van der Waals surface area contributed by atoms with E-state index >= 15 is 0 Å². The second kappa shape index (κ2) is 11.2. The van der Waals surface area contributed by atoms with E-state index in [1.807, 2.05) is 60.7 Å². The number of nitrogens with zero attached hydrogens (tertiary/aromatic N) is 4. The van der Waals surface area contributed by atoms with Crippen molar-refractivity contribution in [3.8, 4) is 51.0 Å². The second-order valence-corrected chi connectivity index (χ2v) is 11.7. The molecule has 9 rings (SSSR count). The summed E-state index contributed by atoms with van der Waals surface area (Å²) in [4.78, 5) is 14.7. The molecule has 0 radical (unpaired) electrons. The highest BCUT2D eigenvalue weighted by molar-refractivity contribution is 6.25. The lowest BCUT2D eigenvalue weighted by molar-refractivity contribution is 1.07. The smallest absolute Gasteiger partial charge is 0.164 e. The summed E-state index contributed by atoms with van der Waals surface area (Å²) in [5.74, 6) is 1.95. The molecule has 4 heteroatoms. The third kappa shape index (κ3) is 4.66. The van der Waals surface area contributed by atoms with E-state index in [9.17, 15) is 0 Å². The van der Waals surface area contributed by atoms with E-state index in [1.165, 1.54) is 43.7 Å². The van der Waals surface area contributed by atoms with E-state index in [1.54, 1.807) is 0 Å². The van der Waals surface area contributed by atoms with Crippen molar-refractivity contribution in [2.75, 3.05) is 0 Å². The molecule has 0 aliphatic heterocycles. The zero-order valence-corrected chi connectivity index (χ0v) is 25.5. The van der Waals surface area contributed by atoms with Gasteiger partial charge in [-0.25, -0.2) is 15.0 Å². The lowest BCUT2D eigenvalue weighted by Crippen LogP contribution is -2.00. The molecule has 0 unspecified atom stereocenters. The van der Waals surface area contributed by atoms with Gasteiger partial charge in [0.1, 0.15) is 0 Å². The highest BCUT2D eigenvalue weighted by atomic mass is 15.0. The molecule has 9 aromatic rings. The molecular weight excluding hydrogens is 573 g/mol. The molecule has 0 atom stereocenters. The van der Waals surface area contributed by atoms with Gasteiger partial charge in [-0.15, -0.1) is 0 Å². The molecule has 220 valence electrons. The Labute approximate surface area is 272 Å². The Morgan fingerprint density at radius 1 is 0.340 bits per heavy atom. The van der Waals surface area contributed by atoms with Crippen molar-refractivity contribution < 1.29 is 0 Å². The maximum absolute atomic E-state index is 4.94. The summed E-state index contributed by atoms with van der Waals surface area (Å²) in [5.41, 5.74) is 8.70. The lowest BCUT2D eigenvalue weighted by atomic mass is 9.97. The highest BCUT2D eigenvalue weighted by Crippen LogP contribution is 2.41. The first-order valence-corrected chi connectivity index (χ1v) is 15.8. The van der Waals surface area contributed by atoms with Gasteiger partial charge in [-0.05, 0) is 58.3 Å². The van der Waals surface area contributed by atoms with Crippen LogP contribution in [-0.2, 0) is 0 Å². The topological polar surface area (TPSA) is 43.6 Å². The number of aromatic nitrogens is 4. The first kappa shape index (κ1) is 27.0. The van der Waals surface area contributed by atoms with E-state index in [-0.39, 0.29) is 0 Å². The fourth-order valence-electron chi connectivity index (χ4n) is 6.66. The number of rotatable bonds is 5. The van der Waals surface area contributed by atoms with Crippen molar-refractivity contribution >= 4 is 32.6 Å². The first-order chi connectivity index (χ1) is 23.3. The summed E-state index contributed by atoms with van der Waals surface area (Å²) in [7, 11) is 0. The average molecular weight is 601 g/mol. The number of hydrogen-bond donors (Lipinski definition) is 0. The molecule has 2 heterocycles. The van der Waals surface area contributed by atoms with Gasteiger partial charge in [0.2, 0.25) is 0 Å². The van der Waals surface area contributed by atoms with Crippen LogP contribution in [0, 0.1) is 0 Å². The lowest BCUT2D eigenvalue weighted by Gasteiger charge is -2.11. The van der Waals surface area contributed by atoms with Crippen LogP contribution < -0.4 is 0 Å². The van der Waals surface area contributed by atoms with E-state index in [4.69, 9.17) is 15.0 Å². The minimum absolute atomic E-state index is 0.642.